The number of hydrazone groups is 1. The average molecular weight is 388 g/mol. The molecule has 2 atom stereocenters. The Morgan fingerprint density at radius 3 is 2.85 bits per heavy atom. The van der Waals surface area contributed by atoms with E-state index < -0.39 is 0 Å². The molecule has 1 heterocycles. The molecule has 117 valence electrons. The molecule has 9 heteroatoms. The molecule has 5 nitrogen and oxygen atoms in total. The number of hydrogen-bond acceptors (Lipinski definition) is 4. The van der Waals surface area contributed by atoms with E-state index in [4.69, 9.17) is 10.5 Å². The van der Waals surface area contributed by atoms with Gasteiger partial charge in [0.25, 0.3) is 0 Å². The van der Waals surface area contributed by atoms with Crippen LogP contribution < -0.4 is 11.2 Å². The molecule has 0 amide bonds. The summed E-state index contributed by atoms with van der Waals surface area (Å²) in [5.41, 5.74) is 8.10. The van der Waals surface area contributed by atoms with Crippen molar-refractivity contribution in [2.75, 3.05) is 0 Å². The van der Waals surface area contributed by atoms with Crippen molar-refractivity contribution in [3.8, 4) is 0 Å². The van der Waals surface area contributed by atoms with Gasteiger partial charge in [-0.1, -0.05) is 6.42 Å². The van der Waals surface area contributed by atoms with Crippen molar-refractivity contribution in [3.63, 3.8) is 0 Å². The maximum absolute atomic E-state index is 12.1. The molecule has 0 bridgehead atoms. The number of nitrogens with zero attached hydrogens (tertiary/aromatic N) is 1. The Hall–Kier alpha value is -0.331. The first-order chi connectivity index (χ1) is 9.60. The minimum atomic E-state index is -0.0139. The van der Waals surface area contributed by atoms with Crippen LogP contribution in [0.15, 0.2) is 16.9 Å². The predicted molar refractivity (Wildman–Crippen MR) is 80.0 cm³/mol. The molecule has 1 aliphatic carbocycles. The van der Waals surface area contributed by atoms with Crippen LogP contribution in [0.3, 0.4) is 0 Å². The Morgan fingerprint density at radius 1 is 1.55 bits per heavy atom. The zero-order valence-corrected chi connectivity index (χ0v) is 13.7. The van der Waals surface area contributed by atoms with Crippen LogP contribution in [0.25, 0.3) is 0 Å². The molecule has 0 spiro atoms. The molecule has 1 saturated carbocycles. The Balaban J connectivity index is 0.000000612. The average Bonchev–Trinajstić information content (AvgIpc) is 2.42. The van der Waals surface area contributed by atoms with Crippen molar-refractivity contribution in [1.82, 2.24) is 5.43 Å². The van der Waals surface area contributed by atoms with Crippen LogP contribution in [0, 0.1) is 5.92 Å². The van der Waals surface area contributed by atoms with Crippen molar-refractivity contribution >= 4 is 49.5 Å². The van der Waals surface area contributed by atoms with E-state index in [9.17, 15) is 4.79 Å². The summed E-state index contributed by atoms with van der Waals surface area (Å²) in [6.07, 6.45) is 7.03. The number of fused-ring (bicyclic) bond motifs is 1. The molecule has 2 unspecified atom stereocenters. The molecule has 0 aromatic carbocycles. The summed E-state index contributed by atoms with van der Waals surface area (Å²) in [5, 5.41) is 3.84. The molecule has 0 aromatic heterocycles. The first kappa shape index (κ1) is 17.7. The number of halogens is 2. The standard InChI is InChI=1S/C11H15N3O2S.2ClH.Cu/c12-11(17)14-13-5-7-6-16-9-4-2-1-3-8(9)10(7)15;;;/h5-6,8-9H,1-4H2,(H3,12,14,17);2*1H;/q;;;+2/p-2/b13-5+;;;. The second-order valence-electron chi connectivity index (χ2n) is 4.28. The quantitative estimate of drug-likeness (QED) is 0.329. The molecular formula is C11H15Cl2CuN3O2S. The van der Waals surface area contributed by atoms with Crippen molar-refractivity contribution in [1.29, 1.82) is 0 Å². The zero-order valence-electron chi connectivity index (χ0n) is 10.4. The van der Waals surface area contributed by atoms with Crippen molar-refractivity contribution in [3.05, 3.63) is 11.8 Å². The van der Waals surface area contributed by atoms with Crippen molar-refractivity contribution < 1.29 is 22.7 Å². The molecule has 2 rings (SSSR count). The van der Waals surface area contributed by atoms with Gasteiger partial charge in [0.2, 0.25) is 0 Å². The van der Waals surface area contributed by atoms with Crippen LogP contribution in [0.4, 0.5) is 0 Å². The fraction of sp³-hybridized carbons (Fsp3) is 0.545. The Kier molecular flexibility index (Phi) is 8.49. The normalized spacial score (nSPS) is 25.1. The number of Topliss-reactive ketones (excluding diaryl/α,β-unsaturated/α-hetero) is 1. The summed E-state index contributed by atoms with van der Waals surface area (Å²) in [7, 11) is 9.34. The number of carbonyl (C=O) groups excluding carboxylic acids is 1. The molecule has 0 aromatic rings. The topological polar surface area (TPSA) is 76.7 Å². The van der Waals surface area contributed by atoms with E-state index in [0.29, 0.717) is 5.57 Å². The monoisotopic (exact) mass is 386 g/mol. The Bertz CT molecular complexity index is 420. The summed E-state index contributed by atoms with van der Waals surface area (Å²) in [6, 6.07) is 0. The summed E-state index contributed by atoms with van der Waals surface area (Å²) in [5.74, 6) is 0.0921. The first-order valence-corrected chi connectivity index (χ1v) is 8.89. The molecule has 20 heavy (non-hydrogen) atoms. The number of rotatable bonds is 2. The number of carbonyl (C=O) groups is 1. The van der Waals surface area contributed by atoms with Gasteiger partial charge >= 0.3 is 33.3 Å². The third-order valence-electron chi connectivity index (χ3n) is 3.07. The number of allylic oxidation sites excluding steroid dienone is 1. The minimum absolute atomic E-state index is 0.0139. The Morgan fingerprint density at radius 2 is 2.20 bits per heavy atom. The van der Waals surface area contributed by atoms with E-state index in [1.54, 1.807) is 0 Å². The first-order valence-electron chi connectivity index (χ1n) is 5.89. The zero-order chi connectivity index (χ0) is 15.0. The third-order valence-corrected chi connectivity index (χ3v) is 3.16. The van der Waals surface area contributed by atoms with E-state index in [2.05, 4.69) is 42.9 Å². The van der Waals surface area contributed by atoms with E-state index in [1.807, 2.05) is 0 Å². The van der Waals surface area contributed by atoms with Crippen LogP contribution in [0.5, 0.6) is 0 Å². The second kappa shape index (κ2) is 9.58. The molecule has 1 aliphatic heterocycles. The van der Waals surface area contributed by atoms with Gasteiger partial charge in [-0.2, -0.15) is 5.10 Å². The predicted octanol–water partition coefficient (Wildman–Crippen LogP) is 2.22. The molecule has 3 N–H and O–H groups in total. The summed E-state index contributed by atoms with van der Waals surface area (Å²) in [6.45, 7) is 0. The third kappa shape index (κ3) is 5.58. The van der Waals surface area contributed by atoms with Crippen LogP contribution in [0.2, 0.25) is 0 Å². The number of nitrogens with two attached hydrogens (primary N) is 1. The van der Waals surface area contributed by atoms with Crippen LogP contribution >= 0.6 is 32.4 Å². The van der Waals surface area contributed by atoms with Gasteiger partial charge in [0.05, 0.1) is 24.0 Å². The van der Waals surface area contributed by atoms with E-state index in [-0.39, 0.29) is 22.9 Å². The van der Waals surface area contributed by atoms with E-state index >= 15 is 0 Å². The van der Waals surface area contributed by atoms with E-state index in [1.165, 1.54) is 12.5 Å². The van der Waals surface area contributed by atoms with Gasteiger partial charge in [-0.3, -0.25) is 10.2 Å². The van der Waals surface area contributed by atoms with Crippen LogP contribution in [-0.4, -0.2) is 23.2 Å². The summed E-state index contributed by atoms with van der Waals surface area (Å²) >= 11 is 5.36. The summed E-state index contributed by atoms with van der Waals surface area (Å²) in [4.78, 5) is 12.1. The van der Waals surface area contributed by atoms with Crippen LogP contribution in [-0.2, 0) is 22.7 Å². The van der Waals surface area contributed by atoms with Gasteiger partial charge in [0, 0.05) is 0 Å². The van der Waals surface area contributed by atoms with Gasteiger partial charge in [0.1, 0.15) is 6.10 Å². The number of ketones is 1. The number of hydrogen-bond donors (Lipinski definition) is 2. The molecule has 2 aliphatic rings. The van der Waals surface area contributed by atoms with Crippen molar-refractivity contribution in [2.45, 2.75) is 31.8 Å². The van der Waals surface area contributed by atoms with Crippen molar-refractivity contribution in [2.24, 2.45) is 16.8 Å². The van der Waals surface area contributed by atoms with Gasteiger partial charge in [-0.05, 0) is 31.5 Å². The molecule has 0 saturated heterocycles. The SMILES string of the molecule is NC(=S)N/N=C/C1=COC2CCCCC2C1=O.[Cl][Cu][Cl]. The van der Waals surface area contributed by atoms with Crippen LogP contribution in [0.1, 0.15) is 25.7 Å². The fourth-order valence-corrected chi connectivity index (χ4v) is 2.30. The molecule has 1 fully saturated rings. The fourth-order valence-electron chi connectivity index (χ4n) is 2.25. The second-order valence-corrected chi connectivity index (χ2v) is 6.28. The van der Waals surface area contributed by atoms with Gasteiger partial charge in [-0.15, -0.1) is 0 Å². The molecule has 0 radical (unpaired) electrons. The van der Waals surface area contributed by atoms with Gasteiger partial charge < -0.3 is 10.5 Å². The number of nitrogens with one attached hydrogen (secondary N) is 1. The van der Waals surface area contributed by atoms with Gasteiger partial charge in [0.15, 0.2) is 10.9 Å². The van der Waals surface area contributed by atoms with Gasteiger partial charge in [-0.25, -0.2) is 0 Å². The Labute approximate surface area is 137 Å². The van der Waals surface area contributed by atoms with E-state index in [0.717, 1.165) is 38.8 Å². The maximum atomic E-state index is 12.1. The number of thiocarbonyl (C=S) groups is 1. The molecular weight excluding hydrogens is 373 g/mol. The summed E-state index contributed by atoms with van der Waals surface area (Å²) < 4.78 is 5.56. The number of ether oxygens (including phenoxy) is 1.